The standard InChI is InChI=1S/C10H12ClN3O3/c1-6(2)4-5-17-9-8(14(15)16)7(3)12-10(11)13-9/h1,4-5H2,2-3H3. The lowest BCUT2D eigenvalue weighted by Gasteiger charge is -2.06. The first-order valence-electron chi connectivity index (χ1n) is 4.87. The first-order chi connectivity index (χ1) is 7.91. The summed E-state index contributed by atoms with van der Waals surface area (Å²) in [7, 11) is 0. The third-order valence-electron chi connectivity index (χ3n) is 1.95. The maximum atomic E-state index is 10.8. The Kier molecular flexibility index (Phi) is 4.39. The summed E-state index contributed by atoms with van der Waals surface area (Å²) in [6.07, 6.45) is 0.595. The number of nitrogens with zero attached hydrogens (tertiary/aromatic N) is 3. The minimum absolute atomic E-state index is 0.0709. The summed E-state index contributed by atoms with van der Waals surface area (Å²) in [5.74, 6) is -0.103. The minimum Gasteiger partial charge on any atom is -0.472 e. The van der Waals surface area contributed by atoms with Crippen LogP contribution in [0.2, 0.25) is 5.28 Å². The van der Waals surface area contributed by atoms with Crippen LogP contribution in [0.3, 0.4) is 0 Å². The fourth-order valence-electron chi connectivity index (χ4n) is 1.14. The van der Waals surface area contributed by atoms with Crippen LogP contribution in [-0.4, -0.2) is 21.5 Å². The third kappa shape index (κ3) is 3.67. The Labute approximate surface area is 103 Å². The molecule has 17 heavy (non-hydrogen) atoms. The highest BCUT2D eigenvalue weighted by molar-refractivity contribution is 6.28. The van der Waals surface area contributed by atoms with Gasteiger partial charge in [0.2, 0.25) is 5.28 Å². The first kappa shape index (κ1) is 13.4. The van der Waals surface area contributed by atoms with Crippen molar-refractivity contribution in [2.24, 2.45) is 0 Å². The molecule has 0 saturated heterocycles. The number of aryl methyl sites for hydroxylation is 1. The summed E-state index contributed by atoms with van der Waals surface area (Å²) < 4.78 is 5.23. The normalized spacial score (nSPS) is 10.1. The predicted octanol–water partition coefficient (Wildman–Crippen LogP) is 2.69. The molecule has 0 aliphatic rings. The maximum Gasteiger partial charge on any atom is 0.352 e. The Morgan fingerprint density at radius 3 is 2.76 bits per heavy atom. The SMILES string of the molecule is C=C(C)CCOc1nc(Cl)nc(C)c1[N+](=O)[O-]. The molecule has 0 saturated carbocycles. The number of hydrogen-bond acceptors (Lipinski definition) is 5. The number of hydrogen-bond donors (Lipinski definition) is 0. The monoisotopic (exact) mass is 257 g/mol. The zero-order valence-electron chi connectivity index (χ0n) is 9.57. The highest BCUT2D eigenvalue weighted by Gasteiger charge is 2.23. The summed E-state index contributed by atoms with van der Waals surface area (Å²) >= 11 is 5.63. The molecule has 0 aromatic carbocycles. The molecule has 0 aliphatic carbocycles. The number of rotatable bonds is 5. The van der Waals surface area contributed by atoms with Crippen molar-refractivity contribution < 1.29 is 9.66 Å². The molecule has 1 heterocycles. The highest BCUT2D eigenvalue weighted by atomic mass is 35.5. The van der Waals surface area contributed by atoms with E-state index >= 15 is 0 Å². The van der Waals surface area contributed by atoms with E-state index in [2.05, 4.69) is 16.5 Å². The van der Waals surface area contributed by atoms with Crippen molar-refractivity contribution >= 4 is 17.3 Å². The Morgan fingerprint density at radius 1 is 1.59 bits per heavy atom. The van der Waals surface area contributed by atoms with Gasteiger partial charge in [-0.05, 0) is 25.4 Å². The lowest BCUT2D eigenvalue weighted by Crippen LogP contribution is -2.06. The Hall–Kier alpha value is -1.69. The molecule has 0 bridgehead atoms. The molecule has 6 nitrogen and oxygen atoms in total. The van der Waals surface area contributed by atoms with Crippen LogP contribution in [0.25, 0.3) is 0 Å². The van der Waals surface area contributed by atoms with E-state index in [4.69, 9.17) is 16.3 Å². The molecule has 0 amide bonds. The number of aromatic nitrogens is 2. The van der Waals surface area contributed by atoms with Crippen molar-refractivity contribution in [2.75, 3.05) is 6.61 Å². The van der Waals surface area contributed by atoms with Gasteiger partial charge in [0.05, 0.1) is 11.5 Å². The van der Waals surface area contributed by atoms with Crippen LogP contribution in [-0.2, 0) is 0 Å². The van der Waals surface area contributed by atoms with Gasteiger partial charge in [0, 0.05) is 6.42 Å². The summed E-state index contributed by atoms with van der Waals surface area (Å²) in [5.41, 5.74) is 0.848. The summed E-state index contributed by atoms with van der Waals surface area (Å²) in [6, 6.07) is 0. The predicted molar refractivity (Wildman–Crippen MR) is 63.4 cm³/mol. The van der Waals surface area contributed by atoms with Crippen molar-refractivity contribution in [1.82, 2.24) is 9.97 Å². The number of nitro groups is 1. The Balaban J connectivity index is 2.96. The molecule has 0 N–H and O–H groups in total. The fourth-order valence-corrected chi connectivity index (χ4v) is 1.34. The minimum atomic E-state index is -0.582. The van der Waals surface area contributed by atoms with Gasteiger partial charge in [0.1, 0.15) is 5.69 Å². The van der Waals surface area contributed by atoms with Crippen LogP contribution < -0.4 is 4.74 Å². The van der Waals surface area contributed by atoms with E-state index in [1.807, 2.05) is 6.92 Å². The third-order valence-corrected chi connectivity index (χ3v) is 2.12. The largest absolute Gasteiger partial charge is 0.472 e. The molecule has 1 aromatic rings. The molecule has 0 unspecified atom stereocenters. The molecular formula is C10H12ClN3O3. The van der Waals surface area contributed by atoms with E-state index in [9.17, 15) is 10.1 Å². The second-order valence-corrected chi connectivity index (χ2v) is 3.88. The van der Waals surface area contributed by atoms with Crippen molar-refractivity contribution in [3.05, 3.63) is 33.2 Å². The van der Waals surface area contributed by atoms with E-state index in [1.165, 1.54) is 6.92 Å². The molecule has 0 fully saturated rings. The number of ether oxygens (including phenoxy) is 1. The maximum absolute atomic E-state index is 10.8. The zero-order chi connectivity index (χ0) is 13.0. The van der Waals surface area contributed by atoms with Crippen molar-refractivity contribution in [2.45, 2.75) is 20.3 Å². The molecule has 92 valence electrons. The average molecular weight is 258 g/mol. The molecule has 0 radical (unpaired) electrons. The van der Waals surface area contributed by atoms with E-state index in [0.717, 1.165) is 5.57 Å². The molecule has 0 spiro atoms. The average Bonchev–Trinajstić information content (AvgIpc) is 2.14. The van der Waals surface area contributed by atoms with Gasteiger partial charge in [-0.1, -0.05) is 5.57 Å². The summed E-state index contributed by atoms with van der Waals surface area (Å²) in [6.45, 7) is 7.30. The van der Waals surface area contributed by atoms with E-state index in [1.54, 1.807) is 0 Å². The Morgan fingerprint density at radius 2 is 2.24 bits per heavy atom. The molecular weight excluding hydrogens is 246 g/mol. The van der Waals surface area contributed by atoms with Crippen LogP contribution in [0.5, 0.6) is 5.88 Å². The van der Waals surface area contributed by atoms with Crippen LogP contribution in [0.4, 0.5) is 5.69 Å². The smallest absolute Gasteiger partial charge is 0.352 e. The van der Waals surface area contributed by atoms with Crippen molar-refractivity contribution in [3.63, 3.8) is 0 Å². The van der Waals surface area contributed by atoms with Crippen molar-refractivity contribution in [3.8, 4) is 5.88 Å². The highest BCUT2D eigenvalue weighted by Crippen LogP contribution is 2.28. The fraction of sp³-hybridized carbons (Fsp3) is 0.400. The first-order valence-corrected chi connectivity index (χ1v) is 5.25. The second kappa shape index (κ2) is 5.58. The second-order valence-electron chi connectivity index (χ2n) is 3.54. The van der Waals surface area contributed by atoms with E-state index in [0.29, 0.717) is 6.42 Å². The zero-order valence-corrected chi connectivity index (χ0v) is 10.3. The lowest BCUT2D eigenvalue weighted by molar-refractivity contribution is -0.387. The molecule has 0 atom stereocenters. The summed E-state index contributed by atoms with van der Waals surface area (Å²) in [4.78, 5) is 17.7. The van der Waals surface area contributed by atoms with Crippen LogP contribution in [0.1, 0.15) is 19.0 Å². The van der Waals surface area contributed by atoms with Gasteiger partial charge in [0.15, 0.2) is 0 Å². The Bertz CT molecular complexity index is 462. The topological polar surface area (TPSA) is 78.2 Å². The van der Waals surface area contributed by atoms with Gasteiger partial charge in [-0.2, -0.15) is 4.98 Å². The quantitative estimate of drug-likeness (QED) is 0.351. The van der Waals surface area contributed by atoms with Crippen molar-refractivity contribution in [1.29, 1.82) is 0 Å². The van der Waals surface area contributed by atoms with Gasteiger partial charge in [-0.15, -0.1) is 6.58 Å². The summed E-state index contributed by atoms with van der Waals surface area (Å²) in [5, 5.41) is 10.8. The van der Waals surface area contributed by atoms with Crippen LogP contribution in [0, 0.1) is 17.0 Å². The van der Waals surface area contributed by atoms with Gasteiger partial charge < -0.3 is 4.74 Å². The van der Waals surface area contributed by atoms with E-state index in [-0.39, 0.29) is 29.2 Å². The van der Waals surface area contributed by atoms with Gasteiger partial charge in [0.25, 0.3) is 5.88 Å². The van der Waals surface area contributed by atoms with Gasteiger partial charge in [-0.3, -0.25) is 10.1 Å². The number of halogens is 1. The van der Waals surface area contributed by atoms with E-state index < -0.39 is 4.92 Å². The molecule has 1 aromatic heterocycles. The molecule has 0 aliphatic heterocycles. The van der Waals surface area contributed by atoms with Crippen LogP contribution >= 0.6 is 11.6 Å². The molecule has 7 heteroatoms. The molecule has 1 rings (SSSR count). The lowest BCUT2D eigenvalue weighted by atomic mass is 10.3. The van der Waals surface area contributed by atoms with Crippen LogP contribution in [0.15, 0.2) is 12.2 Å². The van der Waals surface area contributed by atoms with Gasteiger partial charge in [-0.25, -0.2) is 4.98 Å². The van der Waals surface area contributed by atoms with Gasteiger partial charge >= 0.3 is 5.69 Å².